The highest BCUT2D eigenvalue weighted by atomic mass is 16.5. The molecule has 104 valence electrons. The fraction of sp³-hybridized carbons (Fsp3) is 0.429. The van der Waals surface area contributed by atoms with E-state index in [-0.39, 0.29) is 18.9 Å². The van der Waals surface area contributed by atoms with Crippen molar-refractivity contribution in [3.8, 4) is 0 Å². The van der Waals surface area contributed by atoms with Crippen LogP contribution >= 0.6 is 0 Å². The highest BCUT2D eigenvalue weighted by Crippen LogP contribution is 2.01. The van der Waals surface area contributed by atoms with Crippen LogP contribution in [0.3, 0.4) is 0 Å². The Labute approximate surface area is 112 Å². The Kier molecular flexibility index (Phi) is 6.60. The summed E-state index contributed by atoms with van der Waals surface area (Å²) in [5.41, 5.74) is 1.02. The van der Waals surface area contributed by atoms with E-state index in [0.717, 1.165) is 5.56 Å². The quantitative estimate of drug-likeness (QED) is 0.774. The maximum absolute atomic E-state index is 11.7. The first kappa shape index (κ1) is 15.2. The predicted molar refractivity (Wildman–Crippen MR) is 70.6 cm³/mol. The number of hydrogen-bond donors (Lipinski definition) is 1. The van der Waals surface area contributed by atoms with E-state index >= 15 is 0 Å². The summed E-state index contributed by atoms with van der Waals surface area (Å²) < 4.78 is 5.32. The lowest BCUT2D eigenvalue weighted by Crippen LogP contribution is -2.31. The second-order valence-corrected chi connectivity index (χ2v) is 4.29. The maximum atomic E-state index is 11.7. The average molecular weight is 265 g/mol. The number of carbonyl (C=O) groups is 2. The molecule has 0 heterocycles. The Morgan fingerprint density at radius 1 is 1.26 bits per heavy atom. The largest absolute Gasteiger partial charge is 0.481 e. The molecular formula is C14H19NO4. The third-order valence-corrected chi connectivity index (χ3v) is 2.65. The van der Waals surface area contributed by atoms with Gasteiger partial charge in [0.2, 0.25) is 5.91 Å². The smallest absolute Gasteiger partial charge is 0.303 e. The summed E-state index contributed by atoms with van der Waals surface area (Å²) in [5, 5.41) is 8.50. The number of hydrogen-bond acceptors (Lipinski definition) is 3. The maximum Gasteiger partial charge on any atom is 0.303 e. The lowest BCUT2D eigenvalue weighted by atomic mass is 10.2. The Morgan fingerprint density at radius 3 is 2.58 bits per heavy atom. The van der Waals surface area contributed by atoms with Gasteiger partial charge in [0.1, 0.15) is 6.61 Å². The molecule has 5 nitrogen and oxygen atoms in total. The van der Waals surface area contributed by atoms with Crippen molar-refractivity contribution in [2.24, 2.45) is 0 Å². The van der Waals surface area contributed by atoms with Crippen LogP contribution in [0.2, 0.25) is 0 Å². The van der Waals surface area contributed by atoms with Gasteiger partial charge in [0, 0.05) is 20.0 Å². The molecule has 1 aromatic rings. The summed E-state index contributed by atoms with van der Waals surface area (Å²) in [5.74, 6) is -0.984. The molecule has 0 unspecified atom stereocenters. The van der Waals surface area contributed by atoms with E-state index in [1.54, 1.807) is 7.05 Å². The summed E-state index contributed by atoms with van der Waals surface area (Å²) in [6.07, 6.45) is 0.527. The van der Waals surface area contributed by atoms with Gasteiger partial charge >= 0.3 is 5.97 Å². The van der Waals surface area contributed by atoms with Gasteiger partial charge in [0.05, 0.1) is 6.61 Å². The topological polar surface area (TPSA) is 66.8 Å². The highest BCUT2D eigenvalue weighted by molar-refractivity contribution is 5.77. The van der Waals surface area contributed by atoms with Crippen molar-refractivity contribution in [3.63, 3.8) is 0 Å². The lowest BCUT2D eigenvalue weighted by Gasteiger charge is -2.16. The van der Waals surface area contributed by atoms with Gasteiger partial charge in [-0.1, -0.05) is 30.3 Å². The Morgan fingerprint density at radius 2 is 1.95 bits per heavy atom. The van der Waals surface area contributed by atoms with Gasteiger partial charge in [-0.2, -0.15) is 0 Å². The minimum absolute atomic E-state index is 0.0124. The van der Waals surface area contributed by atoms with Crippen LogP contribution in [0, 0.1) is 0 Å². The standard InChI is InChI=1S/C14H19NO4/c1-15(9-5-8-14(17)18)13(16)11-19-10-12-6-3-2-4-7-12/h2-4,6-7H,5,8-11H2,1H3,(H,17,18). The number of nitrogens with zero attached hydrogens (tertiary/aromatic N) is 1. The van der Waals surface area contributed by atoms with Crippen LogP contribution < -0.4 is 0 Å². The fourth-order valence-corrected chi connectivity index (χ4v) is 1.53. The van der Waals surface area contributed by atoms with Crippen molar-refractivity contribution in [2.45, 2.75) is 19.4 Å². The number of carbonyl (C=O) groups excluding carboxylic acids is 1. The van der Waals surface area contributed by atoms with Gasteiger partial charge in [0.25, 0.3) is 0 Å². The van der Waals surface area contributed by atoms with Crippen molar-refractivity contribution in [1.82, 2.24) is 4.90 Å². The number of benzene rings is 1. The molecular weight excluding hydrogens is 246 g/mol. The Bertz CT molecular complexity index is 405. The lowest BCUT2D eigenvalue weighted by molar-refractivity contribution is -0.139. The minimum atomic E-state index is -0.846. The molecule has 0 atom stereocenters. The first-order valence-corrected chi connectivity index (χ1v) is 6.17. The van der Waals surface area contributed by atoms with Crippen molar-refractivity contribution in [3.05, 3.63) is 35.9 Å². The van der Waals surface area contributed by atoms with Gasteiger partial charge in [-0.05, 0) is 12.0 Å². The fourth-order valence-electron chi connectivity index (χ4n) is 1.53. The molecule has 0 aliphatic carbocycles. The second kappa shape index (κ2) is 8.26. The number of carboxylic acids is 1. The third-order valence-electron chi connectivity index (χ3n) is 2.65. The molecule has 0 aliphatic rings. The van der Waals surface area contributed by atoms with Crippen molar-refractivity contribution in [2.75, 3.05) is 20.2 Å². The Balaban J connectivity index is 2.18. The van der Waals surface area contributed by atoms with Crippen LogP contribution in [0.4, 0.5) is 0 Å². The number of aliphatic carboxylic acids is 1. The molecule has 0 bridgehead atoms. The van der Waals surface area contributed by atoms with E-state index in [4.69, 9.17) is 9.84 Å². The van der Waals surface area contributed by atoms with Gasteiger partial charge in [0.15, 0.2) is 0 Å². The third kappa shape index (κ3) is 6.57. The van der Waals surface area contributed by atoms with Crippen LogP contribution in [0.1, 0.15) is 18.4 Å². The van der Waals surface area contributed by atoms with Crippen LogP contribution in [-0.2, 0) is 20.9 Å². The number of likely N-dealkylation sites (N-methyl/N-ethyl adjacent to an activating group) is 1. The minimum Gasteiger partial charge on any atom is -0.481 e. The van der Waals surface area contributed by atoms with Gasteiger partial charge in [-0.25, -0.2) is 0 Å². The summed E-state index contributed by atoms with van der Waals surface area (Å²) in [4.78, 5) is 23.5. The first-order valence-electron chi connectivity index (χ1n) is 6.17. The van der Waals surface area contributed by atoms with Gasteiger partial charge < -0.3 is 14.7 Å². The zero-order chi connectivity index (χ0) is 14.1. The van der Waals surface area contributed by atoms with Crippen LogP contribution in [0.15, 0.2) is 30.3 Å². The van der Waals surface area contributed by atoms with E-state index in [9.17, 15) is 9.59 Å². The number of rotatable bonds is 8. The summed E-state index contributed by atoms with van der Waals surface area (Å²) in [6.45, 7) is 0.841. The highest BCUT2D eigenvalue weighted by Gasteiger charge is 2.09. The van der Waals surface area contributed by atoms with Gasteiger partial charge in [-0.3, -0.25) is 9.59 Å². The van der Waals surface area contributed by atoms with E-state index in [0.29, 0.717) is 19.6 Å². The molecule has 0 aromatic heterocycles. The number of carboxylic acid groups (broad SMARTS) is 1. The van der Waals surface area contributed by atoms with Crippen molar-refractivity contribution in [1.29, 1.82) is 0 Å². The molecule has 0 aliphatic heterocycles. The summed E-state index contributed by atoms with van der Waals surface area (Å²) >= 11 is 0. The summed E-state index contributed by atoms with van der Waals surface area (Å²) in [7, 11) is 1.65. The molecule has 1 N–H and O–H groups in total. The summed E-state index contributed by atoms with van der Waals surface area (Å²) in [6, 6.07) is 9.62. The van der Waals surface area contributed by atoms with Crippen molar-refractivity contribution < 1.29 is 19.4 Å². The molecule has 1 amide bonds. The monoisotopic (exact) mass is 265 g/mol. The van der Waals surface area contributed by atoms with Crippen LogP contribution in [-0.4, -0.2) is 42.1 Å². The zero-order valence-electron chi connectivity index (χ0n) is 11.0. The predicted octanol–water partition coefficient (Wildman–Crippen LogP) is 1.53. The molecule has 0 saturated heterocycles. The molecule has 19 heavy (non-hydrogen) atoms. The zero-order valence-corrected chi connectivity index (χ0v) is 11.0. The number of amides is 1. The number of ether oxygens (including phenoxy) is 1. The first-order chi connectivity index (χ1) is 9.09. The molecule has 0 saturated carbocycles. The van der Waals surface area contributed by atoms with Gasteiger partial charge in [-0.15, -0.1) is 0 Å². The molecule has 0 radical (unpaired) electrons. The normalized spacial score (nSPS) is 10.2. The van der Waals surface area contributed by atoms with Crippen molar-refractivity contribution >= 4 is 11.9 Å². The molecule has 1 rings (SSSR count). The SMILES string of the molecule is CN(CCCC(=O)O)C(=O)COCc1ccccc1. The van der Waals surface area contributed by atoms with E-state index in [2.05, 4.69) is 0 Å². The van der Waals surface area contributed by atoms with Crippen LogP contribution in [0.5, 0.6) is 0 Å². The molecule has 1 aromatic carbocycles. The van der Waals surface area contributed by atoms with E-state index < -0.39 is 5.97 Å². The van der Waals surface area contributed by atoms with E-state index in [1.165, 1.54) is 4.90 Å². The second-order valence-electron chi connectivity index (χ2n) is 4.29. The van der Waals surface area contributed by atoms with E-state index in [1.807, 2.05) is 30.3 Å². The molecule has 5 heteroatoms. The average Bonchev–Trinajstić information content (AvgIpc) is 2.39. The van der Waals surface area contributed by atoms with Crippen LogP contribution in [0.25, 0.3) is 0 Å². The molecule has 0 fully saturated rings. The Hall–Kier alpha value is -1.88. The molecule has 0 spiro atoms.